The van der Waals surface area contributed by atoms with Crippen LogP contribution in [-0.2, 0) is 4.74 Å². The molecule has 2 nitrogen and oxygen atoms in total. The minimum atomic E-state index is 0.435. The van der Waals surface area contributed by atoms with E-state index >= 15 is 0 Å². The SMILES string of the molecule is CCCC(C)CC1(CNCC)CCOC1. The molecule has 2 atom stereocenters. The zero-order chi connectivity index (χ0) is 11.1. The van der Waals surface area contributed by atoms with Gasteiger partial charge in [0.25, 0.3) is 0 Å². The van der Waals surface area contributed by atoms with Crippen LogP contribution in [-0.4, -0.2) is 26.3 Å². The molecule has 1 rings (SSSR count). The molecule has 2 unspecified atom stereocenters. The van der Waals surface area contributed by atoms with Crippen LogP contribution in [0.2, 0.25) is 0 Å². The summed E-state index contributed by atoms with van der Waals surface area (Å²) in [6, 6.07) is 0. The molecule has 0 aromatic heterocycles. The highest BCUT2D eigenvalue weighted by atomic mass is 16.5. The minimum Gasteiger partial charge on any atom is -0.381 e. The van der Waals surface area contributed by atoms with Gasteiger partial charge in [0.2, 0.25) is 0 Å². The van der Waals surface area contributed by atoms with E-state index < -0.39 is 0 Å². The van der Waals surface area contributed by atoms with Crippen LogP contribution in [0.1, 0.15) is 46.5 Å². The van der Waals surface area contributed by atoms with E-state index in [1.165, 1.54) is 25.7 Å². The Morgan fingerprint density at radius 1 is 1.40 bits per heavy atom. The highest BCUT2D eigenvalue weighted by Gasteiger charge is 2.35. The molecule has 1 saturated heterocycles. The lowest BCUT2D eigenvalue weighted by atomic mass is 9.78. The summed E-state index contributed by atoms with van der Waals surface area (Å²) in [4.78, 5) is 0. The lowest BCUT2D eigenvalue weighted by molar-refractivity contribution is 0.131. The van der Waals surface area contributed by atoms with Crippen molar-refractivity contribution in [2.24, 2.45) is 11.3 Å². The predicted octanol–water partition coefficient (Wildman–Crippen LogP) is 2.83. The molecule has 1 heterocycles. The zero-order valence-electron chi connectivity index (χ0n) is 10.6. The van der Waals surface area contributed by atoms with Crippen LogP contribution in [0.3, 0.4) is 0 Å². The number of rotatable bonds is 7. The van der Waals surface area contributed by atoms with Crippen LogP contribution < -0.4 is 5.32 Å². The number of hydrogen-bond donors (Lipinski definition) is 1. The zero-order valence-corrected chi connectivity index (χ0v) is 10.6. The van der Waals surface area contributed by atoms with E-state index in [0.29, 0.717) is 5.41 Å². The standard InChI is InChI=1S/C13H27NO/c1-4-6-12(3)9-13(10-14-5-2)7-8-15-11-13/h12,14H,4-11H2,1-3H3. The molecular weight excluding hydrogens is 186 g/mol. The molecule has 0 spiro atoms. The van der Waals surface area contributed by atoms with Crippen molar-refractivity contribution < 1.29 is 4.74 Å². The van der Waals surface area contributed by atoms with Gasteiger partial charge in [-0.15, -0.1) is 0 Å². The minimum absolute atomic E-state index is 0.435. The van der Waals surface area contributed by atoms with Crippen molar-refractivity contribution in [1.82, 2.24) is 5.32 Å². The molecule has 90 valence electrons. The molecule has 0 aromatic carbocycles. The summed E-state index contributed by atoms with van der Waals surface area (Å²) in [7, 11) is 0. The smallest absolute Gasteiger partial charge is 0.0535 e. The van der Waals surface area contributed by atoms with Crippen molar-refractivity contribution in [2.45, 2.75) is 46.5 Å². The molecule has 0 bridgehead atoms. The Labute approximate surface area is 94.8 Å². The van der Waals surface area contributed by atoms with Gasteiger partial charge in [-0.3, -0.25) is 0 Å². The molecule has 0 aliphatic carbocycles. The average molecular weight is 213 g/mol. The van der Waals surface area contributed by atoms with Crippen LogP contribution >= 0.6 is 0 Å². The van der Waals surface area contributed by atoms with Crippen molar-refractivity contribution in [2.75, 3.05) is 26.3 Å². The fourth-order valence-corrected chi connectivity index (χ4v) is 2.75. The molecule has 0 saturated carbocycles. The van der Waals surface area contributed by atoms with E-state index in [9.17, 15) is 0 Å². The van der Waals surface area contributed by atoms with Gasteiger partial charge in [0.05, 0.1) is 6.61 Å². The summed E-state index contributed by atoms with van der Waals surface area (Å²) < 4.78 is 5.60. The Balaban J connectivity index is 2.41. The third-order valence-electron chi connectivity index (χ3n) is 3.50. The van der Waals surface area contributed by atoms with Crippen LogP contribution in [0.5, 0.6) is 0 Å². The number of ether oxygens (including phenoxy) is 1. The van der Waals surface area contributed by atoms with Gasteiger partial charge in [0.15, 0.2) is 0 Å². The van der Waals surface area contributed by atoms with Crippen molar-refractivity contribution in [3.05, 3.63) is 0 Å². The van der Waals surface area contributed by atoms with Crippen LogP contribution in [0.4, 0.5) is 0 Å². The third-order valence-corrected chi connectivity index (χ3v) is 3.50. The first-order valence-corrected chi connectivity index (χ1v) is 6.51. The molecular formula is C13H27NO. The fraction of sp³-hybridized carbons (Fsp3) is 1.00. The van der Waals surface area contributed by atoms with Gasteiger partial charge in [-0.2, -0.15) is 0 Å². The van der Waals surface area contributed by atoms with E-state index in [0.717, 1.165) is 32.2 Å². The normalized spacial score (nSPS) is 28.2. The number of nitrogens with one attached hydrogen (secondary N) is 1. The molecule has 1 aliphatic heterocycles. The molecule has 0 radical (unpaired) electrons. The van der Waals surface area contributed by atoms with Crippen LogP contribution in [0, 0.1) is 11.3 Å². The van der Waals surface area contributed by atoms with Gasteiger partial charge in [0.1, 0.15) is 0 Å². The average Bonchev–Trinajstić information content (AvgIpc) is 2.64. The van der Waals surface area contributed by atoms with Crippen molar-refractivity contribution >= 4 is 0 Å². The van der Waals surface area contributed by atoms with Gasteiger partial charge in [0, 0.05) is 18.6 Å². The van der Waals surface area contributed by atoms with Gasteiger partial charge in [-0.1, -0.05) is 33.6 Å². The Kier molecular flexibility index (Phi) is 5.62. The van der Waals surface area contributed by atoms with Crippen molar-refractivity contribution in [1.29, 1.82) is 0 Å². The Bertz CT molecular complexity index is 164. The maximum atomic E-state index is 5.60. The summed E-state index contributed by atoms with van der Waals surface area (Å²) >= 11 is 0. The highest BCUT2D eigenvalue weighted by molar-refractivity contribution is 4.86. The van der Waals surface area contributed by atoms with Gasteiger partial charge in [-0.25, -0.2) is 0 Å². The second kappa shape index (κ2) is 6.49. The van der Waals surface area contributed by atoms with Crippen LogP contribution in [0.25, 0.3) is 0 Å². The van der Waals surface area contributed by atoms with E-state index in [2.05, 4.69) is 26.1 Å². The first-order chi connectivity index (χ1) is 7.22. The van der Waals surface area contributed by atoms with E-state index in [-0.39, 0.29) is 0 Å². The first-order valence-electron chi connectivity index (χ1n) is 6.51. The maximum absolute atomic E-state index is 5.60. The van der Waals surface area contributed by atoms with Crippen LogP contribution in [0.15, 0.2) is 0 Å². The van der Waals surface area contributed by atoms with Crippen molar-refractivity contribution in [3.63, 3.8) is 0 Å². The van der Waals surface area contributed by atoms with E-state index in [4.69, 9.17) is 4.74 Å². The summed E-state index contributed by atoms with van der Waals surface area (Å²) in [5.74, 6) is 0.843. The molecule has 1 N–H and O–H groups in total. The quantitative estimate of drug-likeness (QED) is 0.702. The fourth-order valence-electron chi connectivity index (χ4n) is 2.75. The highest BCUT2D eigenvalue weighted by Crippen LogP contribution is 2.35. The molecule has 0 aromatic rings. The van der Waals surface area contributed by atoms with Gasteiger partial charge in [-0.05, 0) is 25.3 Å². The summed E-state index contributed by atoms with van der Waals surface area (Å²) in [5, 5.41) is 3.50. The summed E-state index contributed by atoms with van der Waals surface area (Å²) in [6.07, 6.45) is 5.23. The van der Waals surface area contributed by atoms with Crippen molar-refractivity contribution in [3.8, 4) is 0 Å². The summed E-state index contributed by atoms with van der Waals surface area (Å²) in [6.45, 7) is 11.0. The maximum Gasteiger partial charge on any atom is 0.0535 e. The lowest BCUT2D eigenvalue weighted by Gasteiger charge is -2.30. The van der Waals surface area contributed by atoms with E-state index in [1.807, 2.05) is 0 Å². The molecule has 1 fully saturated rings. The molecule has 1 aliphatic rings. The second-order valence-corrected chi connectivity index (χ2v) is 5.18. The third kappa shape index (κ3) is 4.12. The van der Waals surface area contributed by atoms with Gasteiger partial charge < -0.3 is 10.1 Å². The Hall–Kier alpha value is -0.0800. The number of hydrogen-bond acceptors (Lipinski definition) is 2. The second-order valence-electron chi connectivity index (χ2n) is 5.18. The summed E-state index contributed by atoms with van der Waals surface area (Å²) in [5.41, 5.74) is 0.435. The Morgan fingerprint density at radius 2 is 2.20 bits per heavy atom. The first kappa shape index (κ1) is 13.0. The largest absolute Gasteiger partial charge is 0.381 e. The monoisotopic (exact) mass is 213 g/mol. The van der Waals surface area contributed by atoms with E-state index in [1.54, 1.807) is 0 Å². The molecule has 0 amide bonds. The predicted molar refractivity (Wildman–Crippen MR) is 65.1 cm³/mol. The Morgan fingerprint density at radius 3 is 2.73 bits per heavy atom. The molecule has 2 heteroatoms. The lowest BCUT2D eigenvalue weighted by Crippen LogP contribution is -2.36. The molecule has 15 heavy (non-hydrogen) atoms. The van der Waals surface area contributed by atoms with Gasteiger partial charge >= 0.3 is 0 Å². The topological polar surface area (TPSA) is 21.3 Å².